The van der Waals surface area contributed by atoms with E-state index in [0.29, 0.717) is 13.0 Å². The molecule has 0 aliphatic carbocycles. The Morgan fingerprint density at radius 2 is 1.09 bits per heavy atom. The number of ether oxygens (including phenoxy) is 4. The predicted molar refractivity (Wildman–Crippen MR) is 228 cm³/mol. The Labute approximate surface area is 342 Å². The van der Waals surface area contributed by atoms with Crippen molar-refractivity contribution >= 4 is 5.97 Å². The summed E-state index contributed by atoms with van der Waals surface area (Å²) in [7, 11) is 0. The molecule has 0 amide bonds. The molecule has 326 valence electrons. The first-order chi connectivity index (χ1) is 27.4. The van der Waals surface area contributed by atoms with Crippen molar-refractivity contribution in [2.45, 2.75) is 218 Å². The molecule has 0 aromatic rings. The maximum atomic E-state index is 12.8. The molecule has 0 aromatic heterocycles. The van der Waals surface area contributed by atoms with Crippen LogP contribution in [0.3, 0.4) is 0 Å². The number of aliphatic hydroxyl groups excluding tert-OH is 4. The highest BCUT2D eigenvalue weighted by Gasteiger charge is 2.44. The normalized spacial score (nSPS) is 21.0. The Hall–Kier alpha value is -1.85. The summed E-state index contributed by atoms with van der Waals surface area (Å²) in [6.45, 7) is 4.44. The average molecular weight is 793 g/mol. The highest BCUT2D eigenvalue weighted by atomic mass is 16.7. The van der Waals surface area contributed by atoms with Gasteiger partial charge in [-0.2, -0.15) is 0 Å². The number of hydrogen-bond donors (Lipinski definition) is 4. The lowest BCUT2D eigenvalue weighted by Gasteiger charge is -2.39. The van der Waals surface area contributed by atoms with E-state index in [1.165, 1.54) is 89.9 Å². The third-order valence-corrected chi connectivity index (χ3v) is 10.3. The molecule has 1 aliphatic rings. The SMILES string of the molecule is CC/C=C\C/C=C\C/C=C\C/C=C\CCCCCCCCC(=O)OC(COCCCCCCCCCCCCCCCC)COC1OC(CO)C(O)C(O)C1O. The van der Waals surface area contributed by atoms with Gasteiger partial charge in [-0.3, -0.25) is 4.79 Å². The van der Waals surface area contributed by atoms with Crippen LogP contribution in [0.25, 0.3) is 0 Å². The first kappa shape index (κ1) is 52.2. The lowest BCUT2D eigenvalue weighted by molar-refractivity contribution is -0.305. The van der Waals surface area contributed by atoms with E-state index in [0.717, 1.165) is 70.6 Å². The van der Waals surface area contributed by atoms with Gasteiger partial charge in [0.05, 0.1) is 19.8 Å². The number of aliphatic hydroxyl groups is 4. The van der Waals surface area contributed by atoms with Crippen LogP contribution >= 0.6 is 0 Å². The van der Waals surface area contributed by atoms with Gasteiger partial charge >= 0.3 is 5.97 Å². The lowest BCUT2D eigenvalue weighted by atomic mass is 9.99. The molecule has 1 aliphatic heterocycles. The molecule has 6 atom stereocenters. The number of allylic oxidation sites excluding steroid dienone is 8. The quantitative estimate of drug-likeness (QED) is 0.0274. The van der Waals surface area contributed by atoms with E-state index in [-0.39, 0.29) is 19.2 Å². The van der Waals surface area contributed by atoms with Gasteiger partial charge in [-0.05, 0) is 51.4 Å². The molecule has 0 spiro atoms. The minimum atomic E-state index is -1.54. The van der Waals surface area contributed by atoms with Crippen molar-refractivity contribution in [2.24, 2.45) is 0 Å². The van der Waals surface area contributed by atoms with Crippen molar-refractivity contribution in [1.82, 2.24) is 0 Å². The average Bonchev–Trinajstić information content (AvgIpc) is 3.20. The van der Waals surface area contributed by atoms with Crippen molar-refractivity contribution in [3.8, 4) is 0 Å². The Balaban J connectivity index is 2.27. The van der Waals surface area contributed by atoms with E-state index in [9.17, 15) is 25.2 Å². The molecule has 9 nitrogen and oxygen atoms in total. The second kappa shape index (κ2) is 38.7. The molecule has 1 heterocycles. The molecule has 0 bridgehead atoms. The highest BCUT2D eigenvalue weighted by Crippen LogP contribution is 2.22. The molecule has 0 aromatic carbocycles. The third kappa shape index (κ3) is 29.4. The first-order valence-corrected chi connectivity index (χ1v) is 22.7. The minimum Gasteiger partial charge on any atom is -0.457 e. The molecule has 0 radical (unpaired) electrons. The summed E-state index contributed by atoms with van der Waals surface area (Å²) in [5.74, 6) is -0.327. The largest absolute Gasteiger partial charge is 0.457 e. The molecular formula is C47H84O9. The van der Waals surface area contributed by atoms with Crippen LogP contribution in [0.15, 0.2) is 48.6 Å². The highest BCUT2D eigenvalue weighted by molar-refractivity contribution is 5.69. The Morgan fingerprint density at radius 1 is 0.589 bits per heavy atom. The number of carbonyl (C=O) groups excluding carboxylic acids is 1. The van der Waals surface area contributed by atoms with Crippen molar-refractivity contribution in [3.05, 3.63) is 48.6 Å². The van der Waals surface area contributed by atoms with Crippen LogP contribution in [-0.4, -0.2) is 89.6 Å². The maximum absolute atomic E-state index is 12.8. The molecule has 4 N–H and O–H groups in total. The van der Waals surface area contributed by atoms with Crippen LogP contribution < -0.4 is 0 Å². The van der Waals surface area contributed by atoms with Gasteiger partial charge in [0.2, 0.25) is 0 Å². The molecule has 0 saturated carbocycles. The van der Waals surface area contributed by atoms with Crippen molar-refractivity contribution in [3.63, 3.8) is 0 Å². The monoisotopic (exact) mass is 793 g/mol. The smallest absolute Gasteiger partial charge is 0.306 e. The number of rotatable bonds is 38. The number of carbonyl (C=O) groups is 1. The van der Waals surface area contributed by atoms with E-state index in [1.54, 1.807) is 0 Å². The van der Waals surface area contributed by atoms with Gasteiger partial charge < -0.3 is 39.4 Å². The third-order valence-electron chi connectivity index (χ3n) is 10.3. The fraction of sp³-hybridized carbons (Fsp3) is 0.809. The summed E-state index contributed by atoms with van der Waals surface area (Å²) < 4.78 is 22.8. The van der Waals surface area contributed by atoms with Gasteiger partial charge in [0.25, 0.3) is 0 Å². The van der Waals surface area contributed by atoms with E-state index < -0.39 is 43.4 Å². The van der Waals surface area contributed by atoms with Crippen molar-refractivity contribution in [2.75, 3.05) is 26.4 Å². The minimum absolute atomic E-state index is 0.119. The van der Waals surface area contributed by atoms with Crippen LogP contribution in [0.1, 0.15) is 181 Å². The van der Waals surface area contributed by atoms with E-state index in [2.05, 4.69) is 62.5 Å². The van der Waals surface area contributed by atoms with E-state index in [1.807, 2.05) is 0 Å². The zero-order chi connectivity index (χ0) is 40.7. The van der Waals surface area contributed by atoms with Gasteiger partial charge in [0, 0.05) is 13.0 Å². The molecular weight excluding hydrogens is 709 g/mol. The fourth-order valence-corrected chi connectivity index (χ4v) is 6.72. The number of unbranched alkanes of at least 4 members (excludes halogenated alkanes) is 19. The zero-order valence-corrected chi connectivity index (χ0v) is 35.6. The molecule has 6 unspecified atom stereocenters. The predicted octanol–water partition coefficient (Wildman–Crippen LogP) is 10.1. The fourth-order valence-electron chi connectivity index (χ4n) is 6.72. The molecule has 1 saturated heterocycles. The van der Waals surface area contributed by atoms with Crippen LogP contribution in [0.2, 0.25) is 0 Å². The van der Waals surface area contributed by atoms with E-state index >= 15 is 0 Å². The standard InChI is InChI=1S/C47H84O9/c1-3-5-7-9-11-13-15-17-19-20-21-22-23-24-26-28-30-32-34-36-43(49)55-41(40-54-47-46(52)45(51)44(50)42(38-48)56-47)39-53-37-35-33-31-29-27-25-18-16-14-12-10-8-6-4-2/h5,7,11,13,17,19,21-22,41-42,44-48,50-52H,3-4,6,8-10,12,14-16,18,20,23-40H2,1-2H3/b7-5-,13-11-,19-17-,22-21-. The summed E-state index contributed by atoms with van der Waals surface area (Å²) >= 11 is 0. The van der Waals surface area contributed by atoms with Crippen LogP contribution in [-0.2, 0) is 23.7 Å². The Kier molecular flexibility index (Phi) is 36.0. The maximum Gasteiger partial charge on any atom is 0.306 e. The molecule has 56 heavy (non-hydrogen) atoms. The molecule has 1 rings (SSSR count). The molecule has 9 heteroatoms. The lowest BCUT2D eigenvalue weighted by Crippen LogP contribution is -2.59. The van der Waals surface area contributed by atoms with E-state index in [4.69, 9.17) is 18.9 Å². The van der Waals surface area contributed by atoms with Gasteiger partial charge in [-0.1, -0.05) is 172 Å². The summed E-state index contributed by atoms with van der Waals surface area (Å²) in [6, 6.07) is 0. The Morgan fingerprint density at radius 3 is 1.64 bits per heavy atom. The summed E-state index contributed by atoms with van der Waals surface area (Å²) in [5, 5.41) is 40.1. The second-order valence-electron chi connectivity index (χ2n) is 15.5. The Bertz CT molecular complexity index is 994. The van der Waals surface area contributed by atoms with Crippen LogP contribution in [0.4, 0.5) is 0 Å². The first-order valence-electron chi connectivity index (χ1n) is 22.7. The van der Waals surface area contributed by atoms with Crippen molar-refractivity contribution in [1.29, 1.82) is 0 Å². The van der Waals surface area contributed by atoms with Crippen LogP contribution in [0.5, 0.6) is 0 Å². The van der Waals surface area contributed by atoms with Gasteiger partial charge in [-0.15, -0.1) is 0 Å². The topological polar surface area (TPSA) is 135 Å². The van der Waals surface area contributed by atoms with Crippen molar-refractivity contribution < 1.29 is 44.2 Å². The van der Waals surface area contributed by atoms with Gasteiger partial charge in [0.1, 0.15) is 30.5 Å². The molecule has 1 fully saturated rings. The summed E-state index contributed by atoms with van der Waals surface area (Å²) in [4.78, 5) is 12.8. The summed E-state index contributed by atoms with van der Waals surface area (Å²) in [6.07, 6.45) is 39.9. The second-order valence-corrected chi connectivity index (χ2v) is 15.5. The summed E-state index contributed by atoms with van der Waals surface area (Å²) in [5.41, 5.74) is 0. The van der Waals surface area contributed by atoms with Gasteiger partial charge in [0.15, 0.2) is 6.29 Å². The van der Waals surface area contributed by atoms with Crippen LogP contribution in [0, 0.1) is 0 Å². The zero-order valence-electron chi connectivity index (χ0n) is 35.6. The number of esters is 1. The van der Waals surface area contributed by atoms with Gasteiger partial charge in [-0.25, -0.2) is 0 Å². The number of hydrogen-bond acceptors (Lipinski definition) is 9.